The predicted molar refractivity (Wildman–Crippen MR) is 91.5 cm³/mol. The van der Waals surface area contributed by atoms with Crippen LogP contribution in [0, 0.1) is 11.8 Å². The number of nitrogens with zero attached hydrogens (tertiary/aromatic N) is 1. The van der Waals surface area contributed by atoms with Crippen molar-refractivity contribution in [2.24, 2.45) is 11.8 Å². The van der Waals surface area contributed by atoms with Gasteiger partial charge in [0.25, 0.3) is 0 Å². The lowest BCUT2D eigenvalue weighted by Gasteiger charge is -2.31. The van der Waals surface area contributed by atoms with Crippen LogP contribution in [0.4, 0.5) is 4.79 Å². The second-order valence-electron chi connectivity index (χ2n) is 6.71. The van der Waals surface area contributed by atoms with Crippen molar-refractivity contribution in [2.75, 3.05) is 13.2 Å². The second-order valence-corrected chi connectivity index (χ2v) is 6.71. The molecule has 1 fully saturated rings. The summed E-state index contributed by atoms with van der Waals surface area (Å²) in [4.78, 5) is 26.7. The SMILES string of the molecule is [2H]C([2H])=C(C([2H])([2H])[2H])[C@@]1([2H])[C@H](CCO)[C@@H](C(=O)OCC)N(C(=O)OC(C)(C)C)[C@@H]1C. The third-order valence-corrected chi connectivity index (χ3v) is 3.81. The molecule has 0 aliphatic carbocycles. The Balaban J connectivity index is 3.76. The van der Waals surface area contributed by atoms with E-state index >= 15 is 0 Å². The van der Waals surface area contributed by atoms with Crippen molar-refractivity contribution in [2.45, 2.75) is 65.6 Å². The molecule has 24 heavy (non-hydrogen) atoms. The van der Waals surface area contributed by atoms with Gasteiger partial charge in [0, 0.05) is 29.9 Å². The fourth-order valence-electron chi connectivity index (χ4n) is 3.00. The lowest BCUT2D eigenvalue weighted by molar-refractivity contribution is -0.150. The maximum Gasteiger partial charge on any atom is 0.411 e. The molecule has 0 unspecified atom stereocenters. The van der Waals surface area contributed by atoms with E-state index in [0.29, 0.717) is 0 Å². The summed E-state index contributed by atoms with van der Waals surface area (Å²) >= 11 is 0. The highest BCUT2D eigenvalue weighted by atomic mass is 16.6. The third kappa shape index (κ3) is 4.50. The van der Waals surface area contributed by atoms with Gasteiger partial charge in [-0.1, -0.05) is 12.1 Å². The second kappa shape index (κ2) is 8.01. The van der Waals surface area contributed by atoms with Crippen LogP contribution in [0.15, 0.2) is 12.1 Å². The third-order valence-electron chi connectivity index (χ3n) is 3.81. The van der Waals surface area contributed by atoms with Crippen LogP contribution in [0.5, 0.6) is 0 Å². The number of aliphatic hydroxyl groups excluding tert-OH is 1. The number of carbonyl (C=O) groups is 2. The van der Waals surface area contributed by atoms with Crippen LogP contribution in [0.2, 0.25) is 0 Å². The number of esters is 1. The minimum Gasteiger partial charge on any atom is -0.464 e. The van der Waals surface area contributed by atoms with Crippen molar-refractivity contribution in [1.29, 1.82) is 0 Å². The standard InChI is InChI=1S/C18H31NO5/c1-8-23-16(21)15-13(9-10-20)14(11(2)3)12(4)19(15)17(22)24-18(5,6)7/h12-15,20H,2,8-10H2,1,3-7H3/t12-,13+,14-,15+/m1/s1/i2D2,3D3,14D. The molecular weight excluding hydrogens is 310 g/mol. The molecule has 6 nitrogen and oxygen atoms in total. The van der Waals surface area contributed by atoms with E-state index in [4.69, 9.17) is 17.7 Å². The Kier molecular flexibility index (Phi) is 4.26. The van der Waals surface area contributed by atoms with E-state index in [2.05, 4.69) is 0 Å². The van der Waals surface area contributed by atoms with Crippen molar-refractivity contribution in [3.63, 3.8) is 0 Å². The molecule has 0 saturated carbocycles. The zero-order valence-electron chi connectivity index (χ0n) is 20.9. The molecule has 6 heteroatoms. The Morgan fingerprint density at radius 1 is 1.46 bits per heavy atom. The summed E-state index contributed by atoms with van der Waals surface area (Å²) in [7, 11) is 0. The van der Waals surface area contributed by atoms with Gasteiger partial charge in [-0.2, -0.15) is 0 Å². The van der Waals surface area contributed by atoms with Gasteiger partial charge in [0.1, 0.15) is 11.6 Å². The first-order chi connectivity index (χ1) is 13.5. The minimum absolute atomic E-state index is 0.0210. The van der Waals surface area contributed by atoms with Crippen LogP contribution in [0.1, 0.15) is 56.1 Å². The Labute approximate surface area is 153 Å². The maximum absolute atomic E-state index is 13.0. The van der Waals surface area contributed by atoms with E-state index in [1.807, 2.05) is 0 Å². The molecule has 1 heterocycles. The van der Waals surface area contributed by atoms with Crippen LogP contribution >= 0.6 is 0 Å². The van der Waals surface area contributed by atoms with E-state index in [1.165, 1.54) is 6.92 Å². The van der Waals surface area contributed by atoms with Gasteiger partial charge in [-0.05, 0) is 47.9 Å². The predicted octanol–water partition coefficient (Wildman–Crippen LogP) is 2.75. The molecule has 1 N–H and O–H groups in total. The lowest BCUT2D eigenvalue weighted by atomic mass is 9.81. The van der Waals surface area contributed by atoms with Gasteiger partial charge in [0.2, 0.25) is 0 Å². The highest BCUT2D eigenvalue weighted by Gasteiger charge is 2.53. The van der Waals surface area contributed by atoms with E-state index < -0.39 is 67.1 Å². The van der Waals surface area contributed by atoms with Crippen molar-refractivity contribution in [3.05, 3.63) is 12.1 Å². The van der Waals surface area contributed by atoms with Crippen LogP contribution in [0.3, 0.4) is 0 Å². The zero-order chi connectivity index (χ0) is 23.7. The number of likely N-dealkylation sites (tertiary alicyclic amines) is 1. The first-order valence-corrected chi connectivity index (χ1v) is 8.01. The molecule has 0 bridgehead atoms. The van der Waals surface area contributed by atoms with E-state index in [1.54, 1.807) is 27.7 Å². The van der Waals surface area contributed by atoms with E-state index in [-0.39, 0.29) is 13.0 Å². The summed E-state index contributed by atoms with van der Waals surface area (Å²) in [6, 6.07) is -2.67. The van der Waals surface area contributed by atoms with E-state index in [9.17, 15) is 14.7 Å². The quantitative estimate of drug-likeness (QED) is 0.611. The van der Waals surface area contributed by atoms with Gasteiger partial charge in [-0.15, -0.1) is 0 Å². The Morgan fingerprint density at radius 2 is 2.12 bits per heavy atom. The molecule has 0 radical (unpaired) electrons. The topological polar surface area (TPSA) is 76.1 Å². The summed E-state index contributed by atoms with van der Waals surface area (Å²) in [6.07, 6.45) is -1.17. The average Bonchev–Trinajstić information content (AvgIpc) is 2.74. The molecule has 4 atom stereocenters. The number of ether oxygens (including phenoxy) is 2. The van der Waals surface area contributed by atoms with Gasteiger partial charge < -0.3 is 14.6 Å². The number of rotatable bonds is 5. The first-order valence-electron chi connectivity index (χ1n) is 11.0. The minimum atomic E-state index is -2.99. The summed E-state index contributed by atoms with van der Waals surface area (Å²) in [5, 5.41) is 9.59. The monoisotopic (exact) mass is 347 g/mol. The highest BCUT2D eigenvalue weighted by molar-refractivity contribution is 5.83. The molecule has 0 aromatic heterocycles. The maximum atomic E-state index is 13.0. The molecular formula is C18H31NO5. The van der Waals surface area contributed by atoms with Crippen LogP contribution in [0.25, 0.3) is 0 Å². The van der Waals surface area contributed by atoms with E-state index in [0.717, 1.165) is 4.90 Å². The molecule has 1 aliphatic heterocycles. The van der Waals surface area contributed by atoms with Gasteiger partial charge in [-0.25, -0.2) is 9.59 Å². The Bertz CT molecular complexity index is 686. The molecule has 138 valence electrons. The fourth-order valence-corrected chi connectivity index (χ4v) is 3.00. The zero-order valence-corrected chi connectivity index (χ0v) is 14.9. The highest BCUT2D eigenvalue weighted by Crippen LogP contribution is 2.42. The first kappa shape index (κ1) is 12.8. The number of aliphatic hydroxyl groups is 1. The summed E-state index contributed by atoms with van der Waals surface area (Å²) in [6.45, 7) is 3.16. The summed E-state index contributed by atoms with van der Waals surface area (Å²) in [5.74, 6) is -4.32. The molecule has 0 spiro atoms. The van der Waals surface area contributed by atoms with Crippen molar-refractivity contribution < 1.29 is 32.4 Å². The van der Waals surface area contributed by atoms with Gasteiger partial charge >= 0.3 is 12.1 Å². The van der Waals surface area contributed by atoms with Crippen LogP contribution < -0.4 is 0 Å². The molecule has 0 aromatic rings. The van der Waals surface area contributed by atoms with Crippen molar-refractivity contribution in [3.8, 4) is 0 Å². The Hall–Kier alpha value is -1.56. The van der Waals surface area contributed by atoms with Crippen LogP contribution in [-0.2, 0) is 14.3 Å². The number of hydrogen-bond donors (Lipinski definition) is 1. The fraction of sp³-hybridized carbons (Fsp3) is 0.778. The molecule has 1 amide bonds. The number of carbonyl (C=O) groups excluding carboxylic acids is 2. The lowest BCUT2D eigenvalue weighted by Crippen LogP contribution is -2.48. The van der Waals surface area contributed by atoms with Crippen molar-refractivity contribution in [1.82, 2.24) is 4.90 Å². The molecule has 0 aromatic carbocycles. The number of amides is 1. The van der Waals surface area contributed by atoms with Crippen molar-refractivity contribution >= 4 is 12.1 Å². The average molecular weight is 347 g/mol. The number of hydrogen-bond acceptors (Lipinski definition) is 5. The summed E-state index contributed by atoms with van der Waals surface area (Å²) < 4.78 is 58.4. The smallest absolute Gasteiger partial charge is 0.411 e. The molecule has 1 aliphatic rings. The largest absolute Gasteiger partial charge is 0.464 e. The molecule has 1 saturated heterocycles. The summed E-state index contributed by atoms with van der Waals surface area (Å²) in [5.41, 5.74) is -1.74. The van der Waals surface area contributed by atoms with Gasteiger partial charge in [-0.3, -0.25) is 4.90 Å². The van der Waals surface area contributed by atoms with Crippen LogP contribution in [-0.4, -0.2) is 53.0 Å². The van der Waals surface area contributed by atoms with Gasteiger partial charge in [0.15, 0.2) is 0 Å². The Morgan fingerprint density at radius 3 is 2.58 bits per heavy atom. The molecule has 1 rings (SSSR count). The normalized spacial score (nSPS) is 34.1. The van der Waals surface area contributed by atoms with Gasteiger partial charge in [0.05, 0.1) is 9.35 Å².